The third-order valence-electron chi connectivity index (χ3n) is 5.42. The summed E-state index contributed by atoms with van der Waals surface area (Å²) in [4.78, 5) is 11.2. The van der Waals surface area contributed by atoms with Gasteiger partial charge in [0.1, 0.15) is 5.82 Å². The van der Waals surface area contributed by atoms with Gasteiger partial charge in [0.25, 0.3) is 0 Å². The highest BCUT2D eigenvalue weighted by molar-refractivity contribution is 5.78. The highest BCUT2D eigenvalue weighted by Gasteiger charge is 2.43. The van der Waals surface area contributed by atoms with Crippen molar-refractivity contribution in [1.29, 1.82) is 0 Å². The van der Waals surface area contributed by atoms with Crippen molar-refractivity contribution in [2.75, 3.05) is 0 Å². The molecule has 0 radical (unpaired) electrons. The monoisotopic (exact) mass is 320 g/mol. The molecule has 0 bridgehead atoms. The van der Waals surface area contributed by atoms with Crippen LogP contribution in [0.25, 0.3) is 0 Å². The van der Waals surface area contributed by atoms with E-state index in [1.807, 2.05) is 19.1 Å². The number of nitrogens with one attached hydrogen (secondary N) is 1. The standard InChI is InChI=1S/C19H26FNO.H3N/c1-14-13-15(6-8-17(14)20)19(11-12-19)10-4-2-3-5-16-7-9-18(22)21-16;/h6,8,13,16H,2-5,7,9-12H2,1H3,(H,21,22);1H3. The molecule has 2 aliphatic rings. The van der Waals surface area contributed by atoms with E-state index in [0.29, 0.717) is 17.9 Å². The van der Waals surface area contributed by atoms with Gasteiger partial charge >= 0.3 is 0 Å². The number of carbonyl (C=O) groups is 1. The van der Waals surface area contributed by atoms with E-state index in [1.165, 1.54) is 44.1 Å². The van der Waals surface area contributed by atoms with Crippen LogP contribution < -0.4 is 11.5 Å². The second kappa shape index (κ2) is 7.43. The zero-order valence-corrected chi connectivity index (χ0v) is 14.2. The zero-order chi connectivity index (χ0) is 15.6. The van der Waals surface area contributed by atoms with Crippen LogP contribution in [0.1, 0.15) is 68.9 Å². The van der Waals surface area contributed by atoms with Crippen LogP contribution in [0.4, 0.5) is 4.39 Å². The van der Waals surface area contributed by atoms with Gasteiger partial charge in [0.05, 0.1) is 0 Å². The molecule has 1 atom stereocenters. The minimum atomic E-state index is -0.0989. The van der Waals surface area contributed by atoms with Crippen LogP contribution in [0.5, 0.6) is 0 Å². The summed E-state index contributed by atoms with van der Waals surface area (Å²) in [5.41, 5.74) is 2.43. The minimum absolute atomic E-state index is 0. The average Bonchev–Trinajstić information content (AvgIpc) is 3.17. The maximum absolute atomic E-state index is 13.4. The van der Waals surface area contributed by atoms with Crippen LogP contribution in [-0.4, -0.2) is 11.9 Å². The maximum atomic E-state index is 13.4. The van der Waals surface area contributed by atoms with Crippen LogP contribution in [0, 0.1) is 12.7 Å². The van der Waals surface area contributed by atoms with E-state index in [1.54, 1.807) is 6.07 Å². The summed E-state index contributed by atoms with van der Waals surface area (Å²) in [7, 11) is 0. The molecule has 1 aliphatic carbocycles. The van der Waals surface area contributed by atoms with Crippen molar-refractivity contribution in [3.8, 4) is 0 Å². The molecular formula is C19H29FN2O. The molecule has 1 unspecified atom stereocenters. The number of benzene rings is 1. The Morgan fingerprint density at radius 3 is 2.65 bits per heavy atom. The molecule has 1 aromatic rings. The van der Waals surface area contributed by atoms with E-state index in [4.69, 9.17) is 0 Å². The molecule has 23 heavy (non-hydrogen) atoms. The first kappa shape index (κ1) is 17.9. The number of rotatable bonds is 7. The summed E-state index contributed by atoms with van der Waals surface area (Å²) in [5, 5.41) is 3.04. The van der Waals surface area contributed by atoms with Gasteiger partial charge in [0, 0.05) is 12.5 Å². The molecule has 1 amide bonds. The number of hydrogen-bond acceptors (Lipinski definition) is 2. The Labute approximate surface area is 138 Å². The molecule has 2 fully saturated rings. The Morgan fingerprint density at radius 2 is 2.04 bits per heavy atom. The number of aryl methyl sites for hydroxylation is 1. The lowest BCUT2D eigenvalue weighted by Gasteiger charge is -2.17. The molecule has 3 nitrogen and oxygen atoms in total. The Hall–Kier alpha value is -1.42. The van der Waals surface area contributed by atoms with Gasteiger partial charge in [0.15, 0.2) is 0 Å². The zero-order valence-electron chi connectivity index (χ0n) is 14.2. The Morgan fingerprint density at radius 1 is 1.26 bits per heavy atom. The molecule has 1 saturated carbocycles. The number of hydrogen-bond donors (Lipinski definition) is 2. The predicted octanol–water partition coefficient (Wildman–Crippen LogP) is 4.56. The van der Waals surface area contributed by atoms with Gasteiger partial charge in [0.2, 0.25) is 5.91 Å². The average molecular weight is 320 g/mol. The second-order valence-corrected chi connectivity index (χ2v) is 7.15. The highest BCUT2D eigenvalue weighted by Crippen LogP contribution is 2.52. The van der Waals surface area contributed by atoms with Crippen LogP contribution in [0.15, 0.2) is 18.2 Å². The van der Waals surface area contributed by atoms with Gasteiger partial charge in [-0.3, -0.25) is 4.79 Å². The lowest BCUT2D eigenvalue weighted by Crippen LogP contribution is -2.24. The summed E-state index contributed by atoms with van der Waals surface area (Å²) >= 11 is 0. The van der Waals surface area contributed by atoms with Crippen molar-refractivity contribution in [2.24, 2.45) is 0 Å². The molecular weight excluding hydrogens is 291 g/mol. The van der Waals surface area contributed by atoms with Gasteiger partial charge in [-0.1, -0.05) is 31.4 Å². The molecule has 4 N–H and O–H groups in total. The Kier molecular flexibility index (Phi) is 5.79. The van der Waals surface area contributed by atoms with Crippen LogP contribution in [-0.2, 0) is 10.2 Å². The van der Waals surface area contributed by atoms with Crippen molar-refractivity contribution >= 4 is 5.91 Å². The molecule has 0 spiro atoms. The van der Waals surface area contributed by atoms with E-state index in [-0.39, 0.29) is 17.9 Å². The van der Waals surface area contributed by atoms with Crippen LogP contribution in [0.3, 0.4) is 0 Å². The summed E-state index contributed by atoms with van der Waals surface area (Å²) < 4.78 is 13.4. The molecule has 3 rings (SSSR count). The number of unbranched alkanes of at least 4 members (excludes halogenated alkanes) is 2. The van der Waals surface area contributed by atoms with E-state index < -0.39 is 0 Å². The van der Waals surface area contributed by atoms with Gasteiger partial charge < -0.3 is 11.5 Å². The quantitative estimate of drug-likeness (QED) is 0.723. The normalized spacial score (nSPS) is 21.7. The summed E-state index contributed by atoms with van der Waals surface area (Å²) in [6.07, 6.45) is 10.2. The number of amides is 1. The summed E-state index contributed by atoms with van der Waals surface area (Å²) in [6, 6.07) is 6.05. The molecule has 1 heterocycles. The fraction of sp³-hybridized carbons (Fsp3) is 0.632. The number of carbonyl (C=O) groups excluding carboxylic acids is 1. The van der Waals surface area contributed by atoms with Gasteiger partial charge in [-0.25, -0.2) is 4.39 Å². The van der Waals surface area contributed by atoms with Crippen molar-refractivity contribution in [3.05, 3.63) is 35.1 Å². The number of halogens is 1. The van der Waals surface area contributed by atoms with Gasteiger partial charge in [-0.15, -0.1) is 0 Å². The van der Waals surface area contributed by atoms with Crippen molar-refractivity contribution in [1.82, 2.24) is 11.5 Å². The van der Waals surface area contributed by atoms with Crippen LogP contribution >= 0.6 is 0 Å². The fourth-order valence-corrected chi connectivity index (χ4v) is 3.73. The molecule has 1 aliphatic heterocycles. The van der Waals surface area contributed by atoms with Crippen molar-refractivity contribution in [3.63, 3.8) is 0 Å². The van der Waals surface area contributed by atoms with Crippen molar-refractivity contribution < 1.29 is 9.18 Å². The first-order valence-electron chi connectivity index (χ1n) is 8.65. The summed E-state index contributed by atoms with van der Waals surface area (Å²) in [6.45, 7) is 1.85. The molecule has 4 heteroatoms. The Bertz CT molecular complexity index is 554. The first-order valence-corrected chi connectivity index (χ1v) is 8.65. The third kappa shape index (κ3) is 4.31. The molecule has 0 aromatic heterocycles. The van der Waals surface area contributed by atoms with Crippen LogP contribution in [0.2, 0.25) is 0 Å². The predicted molar refractivity (Wildman–Crippen MR) is 91.3 cm³/mol. The smallest absolute Gasteiger partial charge is 0.220 e. The maximum Gasteiger partial charge on any atom is 0.220 e. The lowest BCUT2D eigenvalue weighted by molar-refractivity contribution is -0.119. The van der Waals surface area contributed by atoms with E-state index in [9.17, 15) is 9.18 Å². The lowest BCUT2D eigenvalue weighted by atomic mass is 9.89. The fourth-order valence-electron chi connectivity index (χ4n) is 3.73. The van der Waals surface area contributed by atoms with Crippen molar-refractivity contribution in [2.45, 2.75) is 76.2 Å². The first-order chi connectivity index (χ1) is 10.6. The minimum Gasteiger partial charge on any atom is -0.353 e. The Balaban J connectivity index is 0.00000192. The SMILES string of the molecule is Cc1cc(C2(CCCCCC3CCC(=O)N3)CC2)ccc1F.N. The largest absolute Gasteiger partial charge is 0.353 e. The van der Waals surface area contributed by atoms with E-state index in [2.05, 4.69) is 5.32 Å². The summed E-state index contributed by atoms with van der Waals surface area (Å²) in [5.74, 6) is 0.117. The molecule has 1 aromatic carbocycles. The third-order valence-corrected chi connectivity index (χ3v) is 5.42. The molecule has 1 saturated heterocycles. The van der Waals surface area contributed by atoms with Gasteiger partial charge in [-0.05, 0) is 61.6 Å². The second-order valence-electron chi connectivity index (χ2n) is 7.15. The van der Waals surface area contributed by atoms with E-state index in [0.717, 1.165) is 18.4 Å². The molecule has 128 valence electrons. The van der Waals surface area contributed by atoms with Gasteiger partial charge in [-0.2, -0.15) is 0 Å². The highest BCUT2D eigenvalue weighted by atomic mass is 19.1. The van der Waals surface area contributed by atoms with E-state index >= 15 is 0 Å². The topological polar surface area (TPSA) is 64.1 Å².